The van der Waals surface area contributed by atoms with Gasteiger partial charge in [-0.05, 0) is 44.1 Å². The standard InChI is InChI=1S/C12H17N3O3S2/c1-8-13-11(19-15-8)10(16)14-9-3-6-20(17,18)12(7-9)4-2-5-12/h9H,2-7H2,1H3,(H,14,16)/t9-/m0/s1. The minimum Gasteiger partial charge on any atom is -0.347 e. The largest absolute Gasteiger partial charge is 0.347 e. The van der Waals surface area contributed by atoms with E-state index in [-0.39, 0.29) is 17.7 Å². The van der Waals surface area contributed by atoms with E-state index in [0.717, 1.165) is 30.8 Å². The highest BCUT2D eigenvalue weighted by Crippen LogP contribution is 2.46. The van der Waals surface area contributed by atoms with Gasteiger partial charge in [0.25, 0.3) is 5.91 Å². The summed E-state index contributed by atoms with van der Waals surface area (Å²) in [4.78, 5) is 16.1. The quantitative estimate of drug-likeness (QED) is 0.882. The molecule has 1 aromatic rings. The molecule has 1 atom stereocenters. The Morgan fingerprint density at radius 2 is 2.20 bits per heavy atom. The molecule has 0 unspecified atom stereocenters. The molecule has 2 fully saturated rings. The first-order valence-corrected chi connectivity index (χ1v) is 9.18. The molecule has 1 spiro atoms. The van der Waals surface area contributed by atoms with Gasteiger partial charge in [-0.25, -0.2) is 13.4 Å². The van der Waals surface area contributed by atoms with Crippen molar-refractivity contribution in [3.63, 3.8) is 0 Å². The molecule has 2 aliphatic rings. The molecule has 0 aromatic carbocycles. The lowest BCUT2D eigenvalue weighted by atomic mass is 9.79. The van der Waals surface area contributed by atoms with Crippen molar-refractivity contribution in [2.24, 2.45) is 0 Å². The Hall–Kier alpha value is -1.02. The molecule has 0 radical (unpaired) electrons. The van der Waals surface area contributed by atoms with Crippen LogP contribution in [0.1, 0.15) is 47.7 Å². The summed E-state index contributed by atoms with van der Waals surface area (Å²) in [7, 11) is -2.99. The van der Waals surface area contributed by atoms with E-state index in [1.54, 1.807) is 6.92 Å². The fourth-order valence-electron chi connectivity index (χ4n) is 3.04. The third-order valence-electron chi connectivity index (χ3n) is 4.34. The third-order valence-corrected chi connectivity index (χ3v) is 7.81. The Labute approximate surface area is 122 Å². The lowest BCUT2D eigenvalue weighted by Crippen LogP contribution is -2.55. The molecular formula is C12H17N3O3S2. The number of nitrogens with zero attached hydrogens (tertiary/aromatic N) is 2. The highest BCUT2D eigenvalue weighted by Gasteiger charge is 2.52. The second-order valence-electron chi connectivity index (χ2n) is 5.67. The van der Waals surface area contributed by atoms with Gasteiger partial charge in [0.2, 0.25) is 5.01 Å². The highest BCUT2D eigenvalue weighted by atomic mass is 32.2. The predicted molar refractivity (Wildman–Crippen MR) is 75.5 cm³/mol. The molecule has 1 N–H and O–H groups in total. The lowest BCUT2D eigenvalue weighted by molar-refractivity contribution is 0.0923. The molecule has 1 saturated carbocycles. The summed E-state index contributed by atoms with van der Waals surface area (Å²) in [5.41, 5.74) is 0. The van der Waals surface area contributed by atoms with Crippen molar-refractivity contribution in [3.05, 3.63) is 10.8 Å². The molecule has 110 valence electrons. The molecular weight excluding hydrogens is 298 g/mol. The van der Waals surface area contributed by atoms with Crippen LogP contribution in [-0.2, 0) is 9.84 Å². The summed E-state index contributed by atoms with van der Waals surface area (Å²) in [5, 5.41) is 3.26. The number of hydrogen-bond acceptors (Lipinski definition) is 6. The fraction of sp³-hybridized carbons (Fsp3) is 0.750. The smallest absolute Gasteiger partial charge is 0.282 e. The zero-order valence-corrected chi connectivity index (χ0v) is 12.9. The Morgan fingerprint density at radius 3 is 2.75 bits per heavy atom. The molecule has 1 aliphatic heterocycles. The van der Waals surface area contributed by atoms with E-state index in [9.17, 15) is 13.2 Å². The Morgan fingerprint density at radius 1 is 1.45 bits per heavy atom. The summed E-state index contributed by atoms with van der Waals surface area (Å²) in [6.07, 6.45) is 3.47. The van der Waals surface area contributed by atoms with Gasteiger partial charge in [-0.15, -0.1) is 0 Å². The summed E-state index contributed by atoms with van der Waals surface area (Å²) in [6, 6.07) is -0.0736. The molecule has 20 heavy (non-hydrogen) atoms. The fourth-order valence-corrected chi connectivity index (χ4v) is 6.01. The Kier molecular flexibility index (Phi) is 3.32. The maximum atomic E-state index is 12.2. The number of nitrogens with one attached hydrogen (secondary N) is 1. The number of carbonyl (C=O) groups is 1. The maximum absolute atomic E-state index is 12.2. The molecule has 1 aromatic heterocycles. The van der Waals surface area contributed by atoms with Crippen molar-refractivity contribution in [1.29, 1.82) is 0 Å². The number of amides is 1. The van der Waals surface area contributed by atoms with Crippen molar-refractivity contribution < 1.29 is 13.2 Å². The SMILES string of the molecule is Cc1nsc(C(=O)N[C@H]2CCS(=O)(=O)C3(CCC3)C2)n1. The Balaban J connectivity index is 1.69. The van der Waals surface area contributed by atoms with E-state index in [1.807, 2.05) is 0 Å². The minimum atomic E-state index is -2.99. The van der Waals surface area contributed by atoms with Crippen LogP contribution in [0, 0.1) is 6.92 Å². The predicted octanol–water partition coefficient (Wildman–Crippen LogP) is 1.08. The minimum absolute atomic E-state index is 0.0736. The topological polar surface area (TPSA) is 89.0 Å². The zero-order chi connectivity index (χ0) is 14.4. The number of hydrogen-bond donors (Lipinski definition) is 1. The van der Waals surface area contributed by atoms with Crippen LogP contribution in [0.25, 0.3) is 0 Å². The molecule has 8 heteroatoms. The normalized spacial score (nSPS) is 26.9. The van der Waals surface area contributed by atoms with Gasteiger partial charge in [-0.2, -0.15) is 4.37 Å². The second kappa shape index (κ2) is 4.77. The van der Waals surface area contributed by atoms with Crippen molar-refractivity contribution in [1.82, 2.24) is 14.7 Å². The summed E-state index contributed by atoms with van der Waals surface area (Å²) in [6.45, 7) is 1.74. The molecule has 1 aliphatic carbocycles. The second-order valence-corrected chi connectivity index (χ2v) is 8.92. The van der Waals surface area contributed by atoms with Crippen molar-refractivity contribution in [2.45, 2.75) is 49.8 Å². The van der Waals surface area contributed by atoms with E-state index >= 15 is 0 Å². The van der Waals surface area contributed by atoms with Gasteiger partial charge in [0.15, 0.2) is 9.84 Å². The molecule has 6 nitrogen and oxygen atoms in total. The Bertz CT molecular complexity index is 634. The number of aromatic nitrogens is 2. The van der Waals surface area contributed by atoms with E-state index in [0.29, 0.717) is 23.7 Å². The van der Waals surface area contributed by atoms with E-state index in [1.165, 1.54) is 0 Å². The van der Waals surface area contributed by atoms with E-state index in [4.69, 9.17) is 0 Å². The monoisotopic (exact) mass is 315 g/mol. The van der Waals surface area contributed by atoms with Crippen LogP contribution in [0.4, 0.5) is 0 Å². The van der Waals surface area contributed by atoms with Crippen LogP contribution >= 0.6 is 11.5 Å². The van der Waals surface area contributed by atoms with Gasteiger partial charge in [0.1, 0.15) is 5.82 Å². The van der Waals surface area contributed by atoms with Crippen molar-refractivity contribution >= 4 is 27.3 Å². The van der Waals surface area contributed by atoms with Gasteiger partial charge in [-0.1, -0.05) is 6.42 Å². The third kappa shape index (κ3) is 2.24. The van der Waals surface area contributed by atoms with Gasteiger partial charge >= 0.3 is 0 Å². The van der Waals surface area contributed by atoms with Crippen LogP contribution in [0.2, 0.25) is 0 Å². The average molecular weight is 315 g/mol. The van der Waals surface area contributed by atoms with Gasteiger partial charge < -0.3 is 5.32 Å². The van der Waals surface area contributed by atoms with E-state index < -0.39 is 14.6 Å². The first kappa shape index (κ1) is 13.9. The number of rotatable bonds is 2. The lowest BCUT2D eigenvalue weighted by Gasteiger charge is -2.46. The van der Waals surface area contributed by atoms with Crippen LogP contribution in [-0.4, -0.2) is 40.2 Å². The molecule has 2 heterocycles. The van der Waals surface area contributed by atoms with Crippen LogP contribution in [0.3, 0.4) is 0 Å². The first-order chi connectivity index (χ1) is 9.42. The summed E-state index contributed by atoms with van der Waals surface area (Å²) < 4.78 is 27.7. The van der Waals surface area contributed by atoms with Crippen molar-refractivity contribution in [2.75, 3.05) is 5.75 Å². The summed E-state index contributed by atoms with van der Waals surface area (Å²) >= 11 is 1.07. The molecule has 0 bridgehead atoms. The number of aryl methyl sites for hydroxylation is 1. The van der Waals surface area contributed by atoms with Crippen LogP contribution < -0.4 is 5.32 Å². The molecule has 3 rings (SSSR count). The average Bonchev–Trinajstić information content (AvgIpc) is 2.76. The van der Waals surface area contributed by atoms with Crippen LogP contribution in [0.15, 0.2) is 0 Å². The highest BCUT2D eigenvalue weighted by molar-refractivity contribution is 7.92. The summed E-state index contributed by atoms with van der Waals surface area (Å²) in [5.74, 6) is 0.517. The molecule has 1 saturated heterocycles. The number of sulfone groups is 1. The molecule has 1 amide bonds. The maximum Gasteiger partial charge on any atom is 0.282 e. The first-order valence-electron chi connectivity index (χ1n) is 6.75. The van der Waals surface area contributed by atoms with Gasteiger partial charge in [0.05, 0.1) is 10.5 Å². The van der Waals surface area contributed by atoms with Crippen molar-refractivity contribution in [3.8, 4) is 0 Å². The number of carbonyl (C=O) groups excluding carboxylic acids is 1. The van der Waals surface area contributed by atoms with Gasteiger partial charge in [0, 0.05) is 6.04 Å². The van der Waals surface area contributed by atoms with Crippen LogP contribution in [0.5, 0.6) is 0 Å². The van der Waals surface area contributed by atoms with E-state index in [2.05, 4.69) is 14.7 Å². The van der Waals surface area contributed by atoms with Gasteiger partial charge in [-0.3, -0.25) is 4.79 Å². The zero-order valence-electron chi connectivity index (χ0n) is 11.3.